The molecule has 3 fully saturated rings. The van der Waals surface area contributed by atoms with E-state index in [0.717, 1.165) is 65.0 Å². The Bertz CT molecular complexity index is 488. The highest BCUT2D eigenvalue weighted by atomic mass is 127. The molecule has 0 aliphatic carbocycles. The van der Waals surface area contributed by atoms with Crippen LogP contribution in [0.4, 0.5) is 0 Å². The molecule has 3 aliphatic rings. The first-order chi connectivity index (χ1) is 13.7. The molecule has 29 heavy (non-hydrogen) atoms. The van der Waals surface area contributed by atoms with Crippen molar-refractivity contribution in [2.75, 3.05) is 65.6 Å². The molecule has 0 bridgehead atoms. The Labute approximate surface area is 194 Å². The van der Waals surface area contributed by atoms with E-state index in [9.17, 15) is 0 Å². The van der Waals surface area contributed by atoms with Crippen LogP contribution in [-0.2, 0) is 9.47 Å². The van der Waals surface area contributed by atoms with Gasteiger partial charge < -0.3 is 20.1 Å². The third kappa shape index (κ3) is 8.12. The molecule has 3 rings (SSSR count). The summed E-state index contributed by atoms with van der Waals surface area (Å²) in [6.07, 6.45) is 4.04. The second kappa shape index (κ2) is 13.3. The molecule has 8 heteroatoms. The van der Waals surface area contributed by atoms with Crippen LogP contribution in [0.25, 0.3) is 0 Å². The molecule has 7 nitrogen and oxygen atoms in total. The SMILES string of the molecule is CCNC(=NCC(CC(C)C)N1CCOCC1)NCC1CN2CCCC2CO1.I. The van der Waals surface area contributed by atoms with Crippen LogP contribution in [0, 0.1) is 5.92 Å². The summed E-state index contributed by atoms with van der Waals surface area (Å²) in [6, 6.07) is 1.14. The Balaban J connectivity index is 0.00000300. The van der Waals surface area contributed by atoms with E-state index in [0.29, 0.717) is 18.0 Å². The molecule has 0 aromatic carbocycles. The maximum atomic E-state index is 6.08. The van der Waals surface area contributed by atoms with Gasteiger partial charge in [0.2, 0.25) is 0 Å². The molecule has 0 spiro atoms. The van der Waals surface area contributed by atoms with E-state index < -0.39 is 0 Å². The highest BCUT2D eigenvalue weighted by Crippen LogP contribution is 2.22. The van der Waals surface area contributed by atoms with E-state index in [2.05, 4.69) is 41.2 Å². The van der Waals surface area contributed by atoms with Crippen LogP contribution in [0.1, 0.15) is 40.0 Å². The van der Waals surface area contributed by atoms with E-state index in [1.54, 1.807) is 0 Å². The van der Waals surface area contributed by atoms with Gasteiger partial charge in [-0.3, -0.25) is 14.8 Å². The third-order valence-corrected chi connectivity index (χ3v) is 6.07. The lowest BCUT2D eigenvalue weighted by Gasteiger charge is -2.35. The molecule has 3 atom stereocenters. The van der Waals surface area contributed by atoms with Gasteiger partial charge in [-0.25, -0.2) is 0 Å². The molecule has 3 unspecified atom stereocenters. The summed E-state index contributed by atoms with van der Waals surface area (Å²) < 4.78 is 11.6. The predicted molar refractivity (Wildman–Crippen MR) is 129 cm³/mol. The Morgan fingerprint density at radius 1 is 1.17 bits per heavy atom. The lowest BCUT2D eigenvalue weighted by Crippen LogP contribution is -2.51. The van der Waals surface area contributed by atoms with Crippen molar-refractivity contribution in [1.29, 1.82) is 0 Å². The van der Waals surface area contributed by atoms with Gasteiger partial charge in [0.15, 0.2) is 5.96 Å². The van der Waals surface area contributed by atoms with Gasteiger partial charge in [0, 0.05) is 44.8 Å². The van der Waals surface area contributed by atoms with Crippen molar-refractivity contribution in [2.45, 2.75) is 58.2 Å². The van der Waals surface area contributed by atoms with E-state index in [-0.39, 0.29) is 30.1 Å². The van der Waals surface area contributed by atoms with Crippen LogP contribution in [-0.4, -0.2) is 99.6 Å². The second-order valence-corrected chi connectivity index (χ2v) is 8.78. The number of hydrogen-bond acceptors (Lipinski definition) is 5. The molecule has 0 aromatic heterocycles. The average molecular weight is 524 g/mol. The van der Waals surface area contributed by atoms with Crippen LogP contribution >= 0.6 is 24.0 Å². The van der Waals surface area contributed by atoms with Gasteiger partial charge in [-0.1, -0.05) is 13.8 Å². The minimum atomic E-state index is 0. The van der Waals surface area contributed by atoms with Gasteiger partial charge >= 0.3 is 0 Å². The Morgan fingerprint density at radius 2 is 1.97 bits per heavy atom. The molecule has 0 radical (unpaired) electrons. The van der Waals surface area contributed by atoms with Crippen molar-refractivity contribution in [1.82, 2.24) is 20.4 Å². The molecule has 3 saturated heterocycles. The smallest absolute Gasteiger partial charge is 0.191 e. The minimum absolute atomic E-state index is 0. The number of fused-ring (bicyclic) bond motifs is 1. The Hall–Kier alpha value is -0.160. The number of hydrogen-bond donors (Lipinski definition) is 2. The number of nitrogens with one attached hydrogen (secondary N) is 2. The van der Waals surface area contributed by atoms with Gasteiger partial charge in [0.25, 0.3) is 0 Å². The fourth-order valence-electron chi connectivity index (χ4n) is 4.58. The third-order valence-electron chi connectivity index (χ3n) is 6.07. The predicted octanol–water partition coefficient (Wildman–Crippen LogP) is 1.77. The fraction of sp³-hybridized carbons (Fsp3) is 0.952. The van der Waals surface area contributed by atoms with E-state index in [1.165, 1.54) is 25.8 Å². The van der Waals surface area contributed by atoms with Crippen molar-refractivity contribution in [2.24, 2.45) is 10.9 Å². The maximum Gasteiger partial charge on any atom is 0.191 e. The van der Waals surface area contributed by atoms with E-state index >= 15 is 0 Å². The average Bonchev–Trinajstić information content (AvgIpc) is 3.17. The lowest BCUT2D eigenvalue weighted by atomic mass is 10.0. The Morgan fingerprint density at radius 3 is 2.69 bits per heavy atom. The number of rotatable bonds is 8. The van der Waals surface area contributed by atoms with Crippen molar-refractivity contribution < 1.29 is 9.47 Å². The quantitative estimate of drug-likeness (QED) is 0.288. The van der Waals surface area contributed by atoms with Crippen LogP contribution in [0.2, 0.25) is 0 Å². The summed E-state index contributed by atoms with van der Waals surface area (Å²) >= 11 is 0. The van der Waals surface area contributed by atoms with Gasteiger partial charge in [-0.15, -0.1) is 24.0 Å². The van der Waals surface area contributed by atoms with Crippen LogP contribution in [0.15, 0.2) is 4.99 Å². The highest BCUT2D eigenvalue weighted by molar-refractivity contribution is 14.0. The summed E-state index contributed by atoms with van der Waals surface area (Å²) in [5.74, 6) is 1.58. The summed E-state index contributed by atoms with van der Waals surface area (Å²) in [5.41, 5.74) is 0. The number of ether oxygens (including phenoxy) is 2. The number of halogens is 1. The topological polar surface area (TPSA) is 61.4 Å². The number of aliphatic imine (C=N–C) groups is 1. The summed E-state index contributed by atoms with van der Waals surface area (Å²) in [5, 5.41) is 6.93. The van der Waals surface area contributed by atoms with Crippen LogP contribution < -0.4 is 10.6 Å². The number of nitrogens with zero attached hydrogens (tertiary/aromatic N) is 3. The zero-order valence-corrected chi connectivity index (χ0v) is 20.9. The standard InChI is InChI=1S/C21H41N5O2.HI/c1-4-22-21(24-14-20-15-26-7-5-6-18(26)16-28-20)23-13-19(12-17(2)3)25-8-10-27-11-9-25;/h17-20H,4-16H2,1-3H3,(H2,22,23,24);1H. The zero-order chi connectivity index (χ0) is 19.8. The first kappa shape index (κ1) is 25.1. The molecule has 3 heterocycles. The van der Waals surface area contributed by atoms with E-state index in [4.69, 9.17) is 14.5 Å². The molecule has 3 aliphatic heterocycles. The lowest BCUT2D eigenvalue weighted by molar-refractivity contribution is -0.0453. The summed E-state index contributed by atoms with van der Waals surface area (Å²) in [6.45, 7) is 16.1. The largest absolute Gasteiger partial charge is 0.379 e. The van der Waals surface area contributed by atoms with E-state index in [1.807, 2.05) is 0 Å². The normalized spacial score (nSPS) is 27.4. The van der Waals surface area contributed by atoms with Crippen molar-refractivity contribution in [3.8, 4) is 0 Å². The first-order valence-corrected chi connectivity index (χ1v) is 11.3. The second-order valence-electron chi connectivity index (χ2n) is 8.78. The summed E-state index contributed by atoms with van der Waals surface area (Å²) in [7, 11) is 0. The van der Waals surface area contributed by atoms with Crippen LogP contribution in [0.3, 0.4) is 0 Å². The summed E-state index contributed by atoms with van der Waals surface area (Å²) in [4.78, 5) is 10.1. The minimum Gasteiger partial charge on any atom is -0.379 e. The fourth-order valence-corrected chi connectivity index (χ4v) is 4.58. The molecule has 0 saturated carbocycles. The molecular weight excluding hydrogens is 481 g/mol. The number of morpholine rings is 2. The van der Waals surface area contributed by atoms with Gasteiger partial charge in [-0.05, 0) is 38.6 Å². The van der Waals surface area contributed by atoms with Gasteiger partial charge in [-0.2, -0.15) is 0 Å². The molecule has 0 aromatic rings. The molecule has 170 valence electrons. The molecule has 0 amide bonds. The first-order valence-electron chi connectivity index (χ1n) is 11.3. The van der Waals surface area contributed by atoms with Crippen molar-refractivity contribution in [3.05, 3.63) is 0 Å². The molecular formula is C21H42IN5O2. The Kier molecular flexibility index (Phi) is 11.5. The van der Waals surface area contributed by atoms with Crippen LogP contribution in [0.5, 0.6) is 0 Å². The monoisotopic (exact) mass is 523 g/mol. The zero-order valence-electron chi connectivity index (χ0n) is 18.6. The maximum absolute atomic E-state index is 6.08. The van der Waals surface area contributed by atoms with Gasteiger partial charge in [0.05, 0.1) is 32.5 Å². The highest BCUT2D eigenvalue weighted by Gasteiger charge is 2.32. The molecule has 2 N–H and O–H groups in total. The van der Waals surface area contributed by atoms with Crippen molar-refractivity contribution >= 4 is 29.9 Å². The number of guanidine groups is 1. The van der Waals surface area contributed by atoms with Gasteiger partial charge in [0.1, 0.15) is 0 Å². The van der Waals surface area contributed by atoms with Crippen molar-refractivity contribution in [3.63, 3.8) is 0 Å².